The number of hydrogen-bond acceptors (Lipinski definition) is 6. The standard InChI is InChI=1S/C23H21ClN2O6/c1-4-26(14-10-7-6-8-11-14)21(28)18-19(32-23(30)22(29)31-5-2)17-15(24)12-9-13-16(17)25(3)20(18)27/h6-13H,4-5H2,1-3H3. The number of anilines is 1. The van der Waals surface area contributed by atoms with Gasteiger partial charge in [-0.3, -0.25) is 9.59 Å². The smallest absolute Gasteiger partial charge is 0.422 e. The second kappa shape index (κ2) is 9.65. The van der Waals surface area contributed by atoms with Crippen LogP contribution in [0, 0.1) is 0 Å². The Kier molecular flexibility index (Phi) is 6.95. The molecule has 0 N–H and O–H groups in total. The SMILES string of the molecule is CCOC(=O)C(=O)Oc1c(C(=O)N(CC)c2ccccc2)c(=O)n(C)c2cccc(Cl)c12. The lowest BCUT2D eigenvalue weighted by atomic mass is 10.1. The summed E-state index contributed by atoms with van der Waals surface area (Å²) in [5.74, 6) is -3.70. The van der Waals surface area contributed by atoms with Crippen LogP contribution in [0.4, 0.5) is 5.69 Å². The highest BCUT2D eigenvalue weighted by molar-refractivity contribution is 6.37. The molecule has 3 aromatic rings. The van der Waals surface area contributed by atoms with Crippen molar-refractivity contribution in [1.82, 2.24) is 4.57 Å². The van der Waals surface area contributed by atoms with Gasteiger partial charge >= 0.3 is 11.9 Å². The molecule has 0 fully saturated rings. The van der Waals surface area contributed by atoms with Gasteiger partial charge in [-0.25, -0.2) is 9.59 Å². The topological polar surface area (TPSA) is 94.9 Å². The zero-order chi connectivity index (χ0) is 23.4. The molecule has 2 aromatic carbocycles. The third kappa shape index (κ3) is 4.22. The molecule has 0 aliphatic rings. The average Bonchev–Trinajstić information content (AvgIpc) is 2.78. The predicted octanol–water partition coefficient (Wildman–Crippen LogP) is 3.33. The number of para-hydroxylation sites is 1. The molecule has 8 nitrogen and oxygen atoms in total. The molecule has 0 bridgehead atoms. The molecule has 1 aromatic heterocycles. The molecule has 1 amide bonds. The largest absolute Gasteiger partial charge is 0.458 e. The van der Waals surface area contributed by atoms with Crippen LogP contribution < -0.4 is 15.2 Å². The molecule has 0 aliphatic carbocycles. The minimum atomic E-state index is -1.36. The van der Waals surface area contributed by atoms with Crippen molar-refractivity contribution in [1.29, 1.82) is 0 Å². The van der Waals surface area contributed by atoms with Crippen molar-refractivity contribution in [2.24, 2.45) is 7.05 Å². The molecule has 32 heavy (non-hydrogen) atoms. The van der Waals surface area contributed by atoms with E-state index >= 15 is 0 Å². The van der Waals surface area contributed by atoms with Gasteiger partial charge in [-0.1, -0.05) is 35.9 Å². The molecule has 0 unspecified atom stereocenters. The number of esters is 2. The minimum Gasteiger partial charge on any atom is -0.458 e. The van der Waals surface area contributed by atoms with Crippen LogP contribution in [-0.4, -0.2) is 35.6 Å². The molecule has 0 radical (unpaired) electrons. The molecular formula is C23H21ClN2O6. The molecule has 3 rings (SSSR count). The fourth-order valence-corrected chi connectivity index (χ4v) is 3.57. The summed E-state index contributed by atoms with van der Waals surface area (Å²) in [7, 11) is 1.48. The van der Waals surface area contributed by atoms with E-state index in [0.717, 1.165) is 0 Å². The maximum absolute atomic E-state index is 13.6. The lowest BCUT2D eigenvalue weighted by Crippen LogP contribution is -2.37. The highest BCUT2D eigenvalue weighted by Gasteiger charge is 2.31. The number of ether oxygens (including phenoxy) is 2. The first-order valence-corrected chi connectivity index (χ1v) is 10.3. The predicted molar refractivity (Wildman–Crippen MR) is 120 cm³/mol. The van der Waals surface area contributed by atoms with Crippen molar-refractivity contribution >= 4 is 46.0 Å². The third-order valence-electron chi connectivity index (χ3n) is 4.81. The summed E-state index contributed by atoms with van der Waals surface area (Å²) in [6.45, 7) is 3.46. The summed E-state index contributed by atoms with van der Waals surface area (Å²) in [5, 5.41) is 0.294. The number of rotatable bonds is 5. The van der Waals surface area contributed by atoms with Crippen LogP contribution in [0.2, 0.25) is 5.02 Å². The van der Waals surface area contributed by atoms with E-state index in [1.165, 1.54) is 29.5 Å². The summed E-state index contributed by atoms with van der Waals surface area (Å²) in [4.78, 5) is 52.4. The first-order valence-electron chi connectivity index (χ1n) is 9.88. The lowest BCUT2D eigenvalue weighted by Gasteiger charge is -2.23. The maximum atomic E-state index is 13.6. The van der Waals surface area contributed by atoms with E-state index in [0.29, 0.717) is 11.2 Å². The Morgan fingerprint density at radius 1 is 1.00 bits per heavy atom. The van der Waals surface area contributed by atoms with Crippen molar-refractivity contribution in [3.05, 3.63) is 69.5 Å². The molecule has 9 heteroatoms. The molecule has 0 saturated heterocycles. The quantitative estimate of drug-likeness (QED) is 0.431. The van der Waals surface area contributed by atoms with E-state index in [1.807, 2.05) is 0 Å². The highest BCUT2D eigenvalue weighted by atomic mass is 35.5. The molecule has 0 saturated carbocycles. The van der Waals surface area contributed by atoms with Crippen LogP contribution in [0.25, 0.3) is 10.9 Å². The number of pyridine rings is 1. The summed E-state index contributed by atoms with van der Waals surface area (Å²) < 4.78 is 11.2. The summed E-state index contributed by atoms with van der Waals surface area (Å²) in [6, 6.07) is 13.5. The van der Waals surface area contributed by atoms with Gasteiger partial charge in [0.05, 0.1) is 22.5 Å². The Bertz CT molecular complexity index is 1250. The van der Waals surface area contributed by atoms with E-state index in [2.05, 4.69) is 4.74 Å². The van der Waals surface area contributed by atoms with Crippen molar-refractivity contribution in [3.63, 3.8) is 0 Å². The molecule has 0 aliphatic heterocycles. The van der Waals surface area contributed by atoms with Crippen LogP contribution in [0.15, 0.2) is 53.3 Å². The number of nitrogens with zero attached hydrogens (tertiary/aromatic N) is 2. The molecule has 1 heterocycles. The van der Waals surface area contributed by atoms with Crippen LogP contribution in [0.1, 0.15) is 24.2 Å². The first kappa shape index (κ1) is 23.0. The molecule has 0 atom stereocenters. The van der Waals surface area contributed by atoms with E-state index in [9.17, 15) is 19.2 Å². The summed E-state index contributed by atoms with van der Waals surface area (Å²) in [5.41, 5.74) is -0.250. The summed E-state index contributed by atoms with van der Waals surface area (Å²) in [6.07, 6.45) is 0. The zero-order valence-corrected chi connectivity index (χ0v) is 18.5. The second-order valence-corrected chi connectivity index (χ2v) is 7.10. The molecule has 166 valence electrons. The Hall–Kier alpha value is -3.65. The normalized spacial score (nSPS) is 10.6. The van der Waals surface area contributed by atoms with Crippen molar-refractivity contribution in [2.45, 2.75) is 13.8 Å². The third-order valence-corrected chi connectivity index (χ3v) is 5.12. The number of aromatic nitrogens is 1. The minimum absolute atomic E-state index is 0.0462. The number of halogens is 1. The Balaban J connectivity index is 2.29. The monoisotopic (exact) mass is 456 g/mol. The van der Waals surface area contributed by atoms with Gasteiger partial charge in [-0.15, -0.1) is 0 Å². The maximum Gasteiger partial charge on any atom is 0.422 e. The van der Waals surface area contributed by atoms with Gasteiger partial charge in [0.15, 0.2) is 5.75 Å². The van der Waals surface area contributed by atoms with E-state index in [1.54, 1.807) is 49.4 Å². The van der Waals surface area contributed by atoms with Gasteiger partial charge in [0.25, 0.3) is 11.5 Å². The van der Waals surface area contributed by atoms with E-state index in [4.69, 9.17) is 16.3 Å². The Labute approximate surface area is 188 Å². The van der Waals surface area contributed by atoms with Gasteiger partial charge in [0, 0.05) is 19.3 Å². The number of carbonyl (C=O) groups is 3. The fraction of sp³-hybridized carbons (Fsp3) is 0.217. The molecule has 0 spiro atoms. The van der Waals surface area contributed by atoms with Gasteiger partial charge in [0.2, 0.25) is 0 Å². The van der Waals surface area contributed by atoms with E-state index < -0.39 is 29.0 Å². The van der Waals surface area contributed by atoms with Crippen LogP contribution >= 0.6 is 11.6 Å². The number of aryl methyl sites for hydroxylation is 1. The van der Waals surface area contributed by atoms with Gasteiger partial charge in [-0.05, 0) is 38.1 Å². The lowest BCUT2D eigenvalue weighted by molar-refractivity contribution is -0.161. The number of amides is 1. The van der Waals surface area contributed by atoms with Crippen molar-refractivity contribution in [3.8, 4) is 5.75 Å². The number of hydrogen-bond donors (Lipinski definition) is 0. The Morgan fingerprint density at radius 2 is 1.69 bits per heavy atom. The van der Waals surface area contributed by atoms with Gasteiger partial charge < -0.3 is 18.9 Å². The van der Waals surface area contributed by atoms with Crippen LogP contribution in [0.5, 0.6) is 5.75 Å². The second-order valence-electron chi connectivity index (χ2n) is 6.70. The number of carbonyl (C=O) groups excluding carboxylic acids is 3. The van der Waals surface area contributed by atoms with Crippen LogP contribution in [-0.2, 0) is 21.4 Å². The van der Waals surface area contributed by atoms with Crippen LogP contribution in [0.3, 0.4) is 0 Å². The number of fused-ring (bicyclic) bond motifs is 1. The first-order chi connectivity index (χ1) is 15.3. The van der Waals surface area contributed by atoms with Gasteiger partial charge in [0.1, 0.15) is 5.56 Å². The van der Waals surface area contributed by atoms with Crippen molar-refractivity contribution < 1.29 is 23.9 Å². The van der Waals surface area contributed by atoms with Crippen molar-refractivity contribution in [2.75, 3.05) is 18.1 Å². The zero-order valence-electron chi connectivity index (χ0n) is 17.8. The highest BCUT2D eigenvalue weighted by Crippen LogP contribution is 2.34. The number of benzene rings is 2. The van der Waals surface area contributed by atoms with E-state index in [-0.39, 0.29) is 29.3 Å². The Morgan fingerprint density at radius 3 is 2.31 bits per heavy atom. The molecular weight excluding hydrogens is 436 g/mol. The average molecular weight is 457 g/mol. The fourth-order valence-electron chi connectivity index (χ4n) is 3.32. The summed E-state index contributed by atoms with van der Waals surface area (Å²) >= 11 is 6.37. The van der Waals surface area contributed by atoms with Gasteiger partial charge in [-0.2, -0.15) is 0 Å².